The highest BCUT2D eigenvalue weighted by Gasteiger charge is 2.21. The number of carbonyl (C=O) groups excluding carboxylic acids is 1. The van der Waals surface area contributed by atoms with E-state index in [1.807, 2.05) is 0 Å². The summed E-state index contributed by atoms with van der Waals surface area (Å²) in [5, 5.41) is 2.86. The highest BCUT2D eigenvalue weighted by atomic mass is 35.5. The minimum atomic E-state index is -0.453. The number of rotatable bonds is 5. The quantitative estimate of drug-likeness (QED) is 0.840. The first kappa shape index (κ1) is 16.2. The van der Waals surface area contributed by atoms with Crippen molar-refractivity contribution in [2.75, 3.05) is 13.2 Å². The smallest absolute Gasteiger partial charge is 0.252 e. The Morgan fingerprint density at radius 1 is 1.43 bits per heavy atom. The largest absolute Gasteiger partial charge is 0.376 e. The van der Waals surface area contributed by atoms with Crippen LogP contribution in [-0.2, 0) is 4.74 Å². The molecule has 0 aromatic heterocycles. The molecule has 2 unspecified atom stereocenters. The average Bonchev–Trinajstić information content (AvgIpc) is 2.45. The van der Waals surface area contributed by atoms with Crippen LogP contribution in [0.2, 0.25) is 5.02 Å². The van der Waals surface area contributed by atoms with Gasteiger partial charge in [0.05, 0.1) is 23.3 Å². The molecule has 1 aliphatic rings. The van der Waals surface area contributed by atoms with E-state index in [1.54, 1.807) is 0 Å². The van der Waals surface area contributed by atoms with E-state index in [2.05, 4.69) is 12.2 Å². The van der Waals surface area contributed by atoms with Crippen LogP contribution in [0, 0.1) is 11.7 Å². The van der Waals surface area contributed by atoms with Crippen LogP contribution in [-0.4, -0.2) is 25.2 Å². The maximum atomic E-state index is 12.9. The second-order valence-corrected chi connectivity index (χ2v) is 5.96. The van der Waals surface area contributed by atoms with Gasteiger partial charge in [0.15, 0.2) is 0 Å². The van der Waals surface area contributed by atoms with Crippen LogP contribution in [0.1, 0.15) is 43.0 Å². The van der Waals surface area contributed by atoms with E-state index >= 15 is 0 Å². The number of amides is 1. The fourth-order valence-corrected chi connectivity index (χ4v) is 2.93. The minimum Gasteiger partial charge on any atom is -0.376 e. The Morgan fingerprint density at radius 2 is 2.19 bits per heavy atom. The van der Waals surface area contributed by atoms with E-state index in [-0.39, 0.29) is 16.5 Å². The highest BCUT2D eigenvalue weighted by molar-refractivity contribution is 6.33. The van der Waals surface area contributed by atoms with Crippen molar-refractivity contribution in [3.63, 3.8) is 0 Å². The monoisotopic (exact) mass is 313 g/mol. The summed E-state index contributed by atoms with van der Waals surface area (Å²) in [6, 6.07) is 3.74. The first-order valence-electron chi connectivity index (χ1n) is 7.43. The molecule has 0 aliphatic heterocycles. The van der Waals surface area contributed by atoms with Gasteiger partial charge in [-0.2, -0.15) is 0 Å². The number of halogens is 2. The van der Waals surface area contributed by atoms with Gasteiger partial charge in [0.2, 0.25) is 0 Å². The molecule has 3 nitrogen and oxygen atoms in total. The van der Waals surface area contributed by atoms with Crippen LogP contribution in [0.25, 0.3) is 0 Å². The van der Waals surface area contributed by atoms with Gasteiger partial charge in [0, 0.05) is 6.54 Å². The van der Waals surface area contributed by atoms with E-state index < -0.39 is 5.82 Å². The number of ether oxygens (including phenoxy) is 1. The van der Waals surface area contributed by atoms with Gasteiger partial charge in [-0.1, -0.05) is 31.4 Å². The van der Waals surface area contributed by atoms with Crippen LogP contribution in [0.3, 0.4) is 0 Å². The molecule has 1 amide bonds. The lowest BCUT2D eigenvalue weighted by Crippen LogP contribution is -2.31. The lowest BCUT2D eigenvalue weighted by atomic mass is 9.88. The molecule has 5 heteroatoms. The van der Waals surface area contributed by atoms with Gasteiger partial charge in [-0.05, 0) is 37.0 Å². The van der Waals surface area contributed by atoms with Crippen molar-refractivity contribution in [1.82, 2.24) is 5.32 Å². The fourth-order valence-electron chi connectivity index (χ4n) is 2.67. The summed E-state index contributed by atoms with van der Waals surface area (Å²) >= 11 is 5.85. The van der Waals surface area contributed by atoms with Crippen LogP contribution in [0.15, 0.2) is 18.2 Å². The normalized spacial score (nSPS) is 22.0. The molecule has 1 N–H and O–H groups in total. The topological polar surface area (TPSA) is 38.3 Å². The van der Waals surface area contributed by atoms with Crippen LogP contribution in [0.5, 0.6) is 0 Å². The molecule has 0 heterocycles. The van der Waals surface area contributed by atoms with Crippen LogP contribution >= 0.6 is 11.6 Å². The van der Waals surface area contributed by atoms with Crippen molar-refractivity contribution in [1.29, 1.82) is 0 Å². The van der Waals surface area contributed by atoms with Crippen molar-refractivity contribution in [3.05, 3.63) is 34.6 Å². The van der Waals surface area contributed by atoms with Gasteiger partial charge in [0.25, 0.3) is 5.91 Å². The molecule has 0 radical (unpaired) electrons. The molecule has 1 aromatic rings. The Balaban J connectivity index is 1.74. The second-order valence-electron chi connectivity index (χ2n) is 5.55. The Kier molecular flexibility index (Phi) is 6.00. The van der Waals surface area contributed by atoms with Gasteiger partial charge < -0.3 is 10.1 Å². The lowest BCUT2D eigenvalue weighted by Gasteiger charge is -2.28. The second kappa shape index (κ2) is 7.76. The van der Waals surface area contributed by atoms with Gasteiger partial charge in [0.1, 0.15) is 5.82 Å². The molecular weight excluding hydrogens is 293 g/mol. The molecule has 0 spiro atoms. The number of nitrogens with one attached hydrogen (secondary N) is 1. The fraction of sp³-hybridized carbons (Fsp3) is 0.562. The average molecular weight is 314 g/mol. The number of carbonyl (C=O) groups is 1. The molecule has 1 saturated carbocycles. The molecule has 1 aromatic carbocycles. The maximum Gasteiger partial charge on any atom is 0.252 e. The Hall–Kier alpha value is -1.13. The predicted octanol–water partition coefficient (Wildman–Crippen LogP) is 3.80. The number of hydrogen-bond acceptors (Lipinski definition) is 2. The number of hydrogen-bond donors (Lipinski definition) is 1. The van der Waals surface area contributed by atoms with E-state index in [9.17, 15) is 9.18 Å². The number of benzene rings is 1. The molecular formula is C16H21ClFNO2. The van der Waals surface area contributed by atoms with Crippen molar-refractivity contribution in [3.8, 4) is 0 Å². The third kappa shape index (κ3) is 4.68. The Morgan fingerprint density at radius 3 is 2.90 bits per heavy atom. The molecule has 2 atom stereocenters. The van der Waals surface area contributed by atoms with Gasteiger partial charge in [-0.15, -0.1) is 0 Å². The minimum absolute atomic E-state index is 0.120. The summed E-state index contributed by atoms with van der Waals surface area (Å²) in [4.78, 5) is 11.9. The van der Waals surface area contributed by atoms with Crippen LogP contribution < -0.4 is 5.32 Å². The summed E-state index contributed by atoms with van der Waals surface area (Å²) in [5.41, 5.74) is 0.282. The SMILES string of the molecule is CC1CCCCC1OCCNC(=O)c1ccc(F)cc1Cl. The molecule has 2 rings (SSSR count). The molecule has 0 saturated heterocycles. The summed E-state index contributed by atoms with van der Waals surface area (Å²) in [7, 11) is 0. The highest BCUT2D eigenvalue weighted by Crippen LogP contribution is 2.26. The third-order valence-corrected chi connectivity index (χ3v) is 4.24. The van der Waals surface area contributed by atoms with E-state index in [0.29, 0.717) is 25.2 Å². The predicted molar refractivity (Wildman–Crippen MR) is 81.1 cm³/mol. The molecule has 0 bridgehead atoms. The maximum absolute atomic E-state index is 12.9. The van der Waals surface area contributed by atoms with Crippen molar-refractivity contribution >= 4 is 17.5 Å². The van der Waals surface area contributed by atoms with Crippen molar-refractivity contribution in [2.45, 2.75) is 38.7 Å². The van der Waals surface area contributed by atoms with E-state index in [1.165, 1.54) is 31.4 Å². The summed E-state index contributed by atoms with van der Waals surface area (Å²) in [6.07, 6.45) is 5.10. The van der Waals surface area contributed by atoms with E-state index in [0.717, 1.165) is 12.5 Å². The van der Waals surface area contributed by atoms with E-state index in [4.69, 9.17) is 16.3 Å². The Bertz CT molecular complexity index is 495. The summed E-state index contributed by atoms with van der Waals surface area (Å²) in [6.45, 7) is 3.12. The standard InChI is InChI=1S/C16H21ClFNO2/c1-11-4-2-3-5-15(11)21-9-8-19-16(20)13-7-6-12(18)10-14(13)17/h6-7,10-11,15H,2-5,8-9H2,1H3,(H,19,20). The lowest BCUT2D eigenvalue weighted by molar-refractivity contribution is -0.00293. The Labute approximate surface area is 129 Å². The van der Waals surface area contributed by atoms with Crippen molar-refractivity contribution in [2.24, 2.45) is 5.92 Å². The summed E-state index contributed by atoms with van der Waals surface area (Å²) in [5.74, 6) is -0.174. The molecule has 1 fully saturated rings. The van der Waals surface area contributed by atoms with Gasteiger partial charge in [-0.3, -0.25) is 4.79 Å². The first-order chi connectivity index (χ1) is 10.1. The third-order valence-electron chi connectivity index (χ3n) is 3.93. The molecule has 21 heavy (non-hydrogen) atoms. The zero-order chi connectivity index (χ0) is 15.2. The molecule has 116 valence electrons. The first-order valence-corrected chi connectivity index (χ1v) is 7.80. The zero-order valence-electron chi connectivity index (χ0n) is 12.2. The van der Waals surface area contributed by atoms with Crippen LogP contribution in [0.4, 0.5) is 4.39 Å². The molecule has 1 aliphatic carbocycles. The zero-order valence-corrected chi connectivity index (χ0v) is 13.0. The van der Waals surface area contributed by atoms with Gasteiger partial charge >= 0.3 is 0 Å². The van der Waals surface area contributed by atoms with Gasteiger partial charge in [-0.25, -0.2) is 4.39 Å². The summed E-state index contributed by atoms with van der Waals surface area (Å²) < 4.78 is 18.7. The van der Waals surface area contributed by atoms with Crippen molar-refractivity contribution < 1.29 is 13.9 Å².